The van der Waals surface area contributed by atoms with E-state index in [0.717, 1.165) is 21.0 Å². The summed E-state index contributed by atoms with van der Waals surface area (Å²) >= 11 is 0. The molecule has 0 aromatic carbocycles. The molecule has 3 saturated carbocycles. The van der Waals surface area contributed by atoms with E-state index in [1.54, 1.807) is 46.8 Å². The molecule has 13 heteroatoms. The molecule has 1 aromatic rings. The molecule has 3 heterocycles. The Kier molecular flexibility index (Phi) is 8.01. The van der Waals surface area contributed by atoms with Gasteiger partial charge < -0.3 is 32.8 Å². The van der Waals surface area contributed by atoms with Crippen molar-refractivity contribution in [2.45, 2.75) is 110 Å². The minimum Gasteiger partial charge on any atom is -0.472 e. The van der Waals surface area contributed by atoms with Crippen LogP contribution in [0.15, 0.2) is 34.7 Å². The van der Waals surface area contributed by atoms with E-state index in [4.69, 9.17) is 32.8 Å². The number of allylic oxidation sites excluding steroid dienone is 1. The number of rotatable bonds is 7. The van der Waals surface area contributed by atoms with Gasteiger partial charge in [0, 0.05) is 59.0 Å². The maximum atomic E-state index is 15.5. The van der Waals surface area contributed by atoms with Crippen LogP contribution < -0.4 is 0 Å². The molecule has 0 radical (unpaired) electrons. The third kappa shape index (κ3) is 4.52. The largest absolute Gasteiger partial charge is 0.472 e. The topological polar surface area (TPSA) is 174 Å². The highest BCUT2D eigenvalue weighted by molar-refractivity contribution is 6.01. The molecule has 1 aromatic heterocycles. The van der Waals surface area contributed by atoms with Crippen molar-refractivity contribution in [2.75, 3.05) is 7.11 Å². The van der Waals surface area contributed by atoms with Gasteiger partial charge in [-0.3, -0.25) is 19.2 Å². The first-order chi connectivity index (χ1) is 22.9. The normalized spacial score (nSPS) is 40.7. The van der Waals surface area contributed by atoms with Crippen molar-refractivity contribution < 1.29 is 61.6 Å². The number of carbonyl (C=O) groups excluding carboxylic acids is 6. The summed E-state index contributed by atoms with van der Waals surface area (Å²) in [5, 5.41) is 0. The molecular formula is C36H44O13. The molecule has 0 unspecified atom stereocenters. The molecule has 49 heavy (non-hydrogen) atoms. The number of cyclic esters (lactones) is 1. The van der Waals surface area contributed by atoms with Crippen LogP contribution in [-0.4, -0.2) is 72.3 Å². The van der Waals surface area contributed by atoms with Crippen LogP contribution in [-0.2, 0) is 57.2 Å². The zero-order valence-corrected chi connectivity index (χ0v) is 29.3. The van der Waals surface area contributed by atoms with Crippen LogP contribution in [0.4, 0.5) is 0 Å². The van der Waals surface area contributed by atoms with Crippen molar-refractivity contribution in [1.29, 1.82) is 0 Å². The molecule has 5 aliphatic rings. The number of fused-ring (bicyclic) bond motifs is 5. The molecule has 1 spiro atoms. The number of furan rings is 1. The second-order valence-corrected chi connectivity index (χ2v) is 15.2. The van der Waals surface area contributed by atoms with Gasteiger partial charge in [0.2, 0.25) is 11.7 Å². The molecule has 2 saturated heterocycles. The van der Waals surface area contributed by atoms with Gasteiger partial charge in [0.1, 0.15) is 17.8 Å². The molecule has 266 valence electrons. The Morgan fingerprint density at radius 3 is 2.29 bits per heavy atom. The monoisotopic (exact) mass is 684 g/mol. The number of methoxy groups -OCH3 is 1. The van der Waals surface area contributed by atoms with Crippen LogP contribution >= 0.6 is 0 Å². The standard InChI is InChI=1S/C36H44O13/c1-10-17(2)27(40)47-30-32(5,6)25(24(28(41)43-9)45-18(3)37)34(8)21-11-13-33(7)22(15-23(39)46-26(33)20-12-14-44-16-20)35(21)31(49-35)36(30,29(34)42)48-19(4)38/h10,12,14,16,21-22,24-26,30-31H,11,13,15H2,1-9H3/b17-10-/t21-,22-,24-,25+,26+,30+,31-,33-,34-,35-,36+/m1/s1. The quantitative estimate of drug-likeness (QED) is 0.175. The van der Waals surface area contributed by atoms with Gasteiger partial charge in [-0.1, -0.05) is 33.8 Å². The zero-order chi connectivity index (χ0) is 36.1. The number of ether oxygens (including phenoxy) is 6. The third-order valence-electron chi connectivity index (χ3n) is 12.4. The summed E-state index contributed by atoms with van der Waals surface area (Å²) in [7, 11) is 1.15. The highest BCUT2D eigenvalue weighted by atomic mass is 16.7. The third-order valence-corrected chi connectivity index (χ3v) is 12.4. The van der Waals surface area contributed by atoms with E-state index in [0.29, 0.717) is 18.4 Å². The minimum atomic E-state index is -2.19. The average Bonchev–Trinajstić information content (AvgIpc) is 3.51. The van der Waals surface area contributed by atoms with E-state index >= 15 is 4.79 Å². The van der Waals surface area contributed by atoms with E-state index in [9.17, 15) is 24.0 Å². The van der Waals surface area contributed by atoms with Crippen LogP contribution in [0.1, 0.15) is 86.3 Å². The smallest absolute Gasteiger partial charge is 0.347 e. The summed E-state index contributed by atoms with van der Waals surface area (Å²) < 4.78 is 41.4. The second-order valence-electron chi connectivity index (χ2n) is 15.2. The predicted octanol–water partition coefficient (Wildman–Crippen LogP) is 3.97. The van der Waals surface area contributed by atoms with Gasteiger partial charge >= 0.3 is 29.8 Å². The first-order valence-electron chi connectivity index (χ1n) is 16.6. The summed E-state index contributed by atoms with van der Waals surface area (Å²) in [6.45, 7) is 12.6. The van der Waals surface area contributed by atoms with E-state index < -0.39 is 105 Å². The molecular weight excluding hydrogens is 640 g/mol. The summed E-state index contributed by atoms with van der Waals surface area (Å²) in [5.41, 5.74) is -6.32. The molecule has 3 aliphatic carbocycles. The fourth-order valence-corrected chi connectivity index (χ4v) is 10.6. The molecule has 0 N–H and O–H groups in total. The van der Waals surface area contributed by atoms with E-state index in [1.165, 1.54) is 12.5 Å². The van der Waals surface area contributed by atoms with Crippen LogP contribution in [0.3, 0.4) is 0 Å². The number of carbonyl (C=O) groups is 6. The van der Waals surface area contributed by atoms with Gasteiger partial charge in [0.15, 0.2) is 11.9 Å². The summed E-state index contributed by atoms with van der Waals surface area (Å²) in [6, 6.07) is 1.74. The summed E-state index contributed by atoms with van der Waals surface area (Å²) in [6.07, 6.45) is 0.359. The molecule has 5 fully saturated rings. The Balaban J connectivity index is 1.64. The minimum absolute atomic E-state index is 0.0706. The summed E-state index contributed by atoms with van der Waals surface area (Å²) in [4.78, 5) is 81.9. The van der Waals surface area contributed by atoms with Crippen molar-refractivity contribution in [3.63, 3.8) is 0 Å². The van der Waals surface area contributed by atoms with Gasteiger partial charge in [-0.25, -0.2) is 9.59 Å². The fourth-order valence-electron chi connectivity index (χ4n) is 10.6. The van der Waals surface area contributed by atoms with Crippen molar-refractivity contribution in [2.24, 2.45) is 34.0 Å². The molecule has 11 atom stereocenters. The van der Waals surface area contributed by atoms with Gasteiger partial charge in [0.25, 0.3) is 0 Å². The van der Waals surface area contributed by atoms with Crippen molar-refractivity contribution in [1.82, 2.24) is 0 Å². The highest BCUT2D eigenvalue weighted by Crippen LogP contribution is 2.79. The predicted molar refractivity (Wildman–Crippen MR) is 166 cm³/mol. The maximum Gasteiger partial charge on any atom is 0.347 e. The zero-order valence-electron chi connectivity index (χ0n) is 29.3. The van der Waals surface area contributed by atoms with Crippen molar-refractivity contribution in [3.05, 3.63) is 35.8 Å². The Hall–Kier alpha value is -4.00. The van der Waals surface area contributed by atoms with Crippen LogP contribution in [0, 0.1) is 34.0 Å². The van der Waals surface area contributed by atoms with E-state index in [1.807, 2.05) is 6.92 Å². The highest BCUT2D eigenvalue weighted by Gasteiger charge is 2.93. The Morgan fingerprint density at radius 1 is 1.02 bits per heavy atom. The number of epoxide rings is 1. The lowest BCUT2D eigenvalue weighted by Gasteiger charge is -2.67. The van der Waals surface area contributed by atoms with Crippen molar-refractivity contribution >= 4 is 35.6 Å². The number of hydrogen-bond donors (Lipinski definition) is 0. The maximum absolute atomic E-state index is 15.5. The lowest BCUT2D eigenvalue weighted by atomic mass is 9.36. The molecule has 2 aliphatic heterocycles. The van der Waals surface area contributed by atoms with Crippen LogP contribution in [0.2, 0.25) is 0 Å². The number of Topliss-reactive ketones (excluding diaryl/α,β-unsaturated/α-hetero) is 1. The molecule has 2 bridgehead atoms. The van der Waals surface area contributed by atoms with Gasteiger partial charge in [-0.2, -0.15) is 0 Å². The lowest BCUT2D eigenvalue weighted by molar-refractivity contribution is -0.266. The van der Waals surface area contributed by atoms with Crippen molar-refractivity contribution in [3.8, 4) is 0 Å². The Bertz CT molecular complexity index is 1640. The first-order valence-corrected chi connectivity index (χ1v) is 16.6. The number of hydrogen-bond acceptors (Lipinski definition) is 13. The van der Waals surface area contributed by atoms with Gasteiger partial charge in [-0.15, -0.1) is 0 Å². The summed E-state index contributed by atoms with van der Waals surface area (Å²) in [5.74, 6) is -6.81. The lowest BCUT2D eigenvalue weighted by Crippen LogP contribution is -2.82. The second kappa shape index (κ2) is 11.3. The van der Waals surface area contributed by atoms with Crippen LogP contribution in [0.5, 0.6) is 0 Å². The molecule has 0 amide bonds. The average molecular weight is 685 g/mol. The number of esters is 5. The Labute approximate surface area is 284 Å². The van der Waals surface area contributed by atoms with Gasteiger partial charge in [0.05, 0.1) is 26.1 Å². The van der Waals surface area contributed by atoms with E-state index in [-0.39, 0.29) is 12.0 Å². The Morgan fingerprint density at radius 2 is 1.71 bits per heavy atom. The molecule has 13 nitrogen and oxygen atoms in total. The molecule has 6 rings (SSSR count). The number of ketones is 1. The van der Waals surface area contributed by atoms with Gasteiger partial charge in [-0.05, 0) is 32.8 Å². The SMILES string of the molecule is C/C=C(/C)C(=O)O[C@H]1C(C)(C)[C@H]([C@@H](OC(C)=O)C(=O)OC)[C@]2(C)C(=O)[C@@]1(OC(C)=O)[C@@H]1O[C@]13[C@@H]1CC(=O)O[C@@H](c4ccoc4)[C@]1(C)CC[C@H]23. The van der Waals surface area contributed by atoms with Crippen LogP contribution in [0.25, 0.3) is 0 Å². The van der Waals surface area contributed by atoms with E-state index in [2.05, 4.69) is 0 Å². The first kappa shape index (κ1) is 34.8. The fraction of sp³-hybridized carbons (Fsp3) is 0.667.